The molecule has 0 saturated carbocycles. The zero-order valence-electron chi connectivity index (χ0n) is 9.55. The third kappa shape index (κ3) is 2.88. The molecule has 90 valence electrons. The molecule has 0 spiro atoms. The van der Waals surface area contributed by atoms with Crippen LogP contribution in [0.4, 0.5) is 0 Å². The van der Waals surface area contributed by atoms with Gasteiger partial charge in [-0.1, -0.05) is 17.7 Å². The molecule has 1 aromatic carbocycles. The quantitative estimate of drug-likeness (QED) is 0.909. The third-order valence-electron chi connectivity index (χ3n) is 2.40. The molecule has 17 heavy (non-hydrogen) atoms. The fourth-order valence-corrected chi connectivity index (χ4v) is 3.07. The van der Waals surface area contributed by atoms with E-state index in [1.165, 1.54) is 4.88 Å². The molecule has 0 saturated heterocycles. The molecular weight excluding hydrogens is 320 g/mol. The molecule has 2 nitrogen and oxygen atoms in total. The second-order valence-electron chi connectivity index (χ2n) is 3.69. The zero-order chi connectivity index (χ0) is 12.4. The summed E-state index contributed by atoms with van der Waals surface area (Å²) in [6.45, 7) is 2.90. The summed E-state index contributed by atoms with van der Waals surface area (Å²) in [6, 6.07) is 5.88. The van der Waals surface area contributed by atoms with Gasteiger partial charge in [0, 0.05) is 21.5 Å². The summed E-state index contributed by atoms with van der Waals surface area (Å²) < 4.78 is 0.902. The van der Waals surface area contributed by atoms with E-state index in [1.54, 1.807) is 11.3 Å². The number of nitrogens with one attached hydrogen (secondary N) is 1. The first-order valence-electron chi connectivity index (χ1n) is 5.18. The molecule has 0 amide bonds. The van der Waals surface area contributed by atoms with Crippen molar-refractivity contribution in [3.63, 3.8) is 0 Å². The van der Waals surface area contributed by atoms with E-state index in [-0.39, 0.29) is 0 Å². The smallest absolute Gasteiger partial charge is 0.123 e. The number of aryl methyl sites for hydroxylation is 1. The lowest BCUT2D eigenvalue weighted by Crippen LogP contribution is -2.04. The van der Waals surface area contributed by atoms with Crippen molar-refractivity contribution in [2.24, 2.45) is 0 Å². The molecular formula is C12H12BrClN2S. The number of hydrogen-bond acceptors (Lipinski definition) is 3. The molecule has 2 rings (SSSR count). The highest BCUT2D eigenvalue weighted by atomic mass is 79.9. The Labute approximate surface area is 118 Å². The maximum atomic E-state index is 5.98. The van der Waals surface area contributed by atoms with Gasteiger partial charge in [-0.25, -0.2) is 4.98 Å². The van der Waals surface area contributed by atoms with Crippen LogP contribution in [-0.2, 0) is 6.54 Å². The Bertz CT molecular complexity index is 539. The highest BCUT2D eigenvalue weighted by Gasteiger charge is 2.09. The number of rotatable bonds is 3. The number of nitrogens with zero attached hydrogens (tertiary/aromatic N) is 1. The topological polar surface area (TPSA) is 24.9 Å². The largest absolute Gasteiger partial charge is 0.315 e. The van der Waals surface area contributed by atoms with Gasteiger partial charge in [0.05, 0.1) is 10.7 Å². The Balaban J connectivity index is 2.39. The maximum Gasteiger partial charge on any atom is 0.123 e. The average Bonchev–Trinajstić information content (AvgIpc) is 2.65. The number of aromatic nitrogens is 1. The minimum atomic E-state index is 0.720. The fourth-order valence-electron chi connectivity index (χ4n) is 1.51. The SMILES string of the molecule is CNCc1sc(-c2ccc(Cl)c(Br)c2)nc1C. The van der Waals surface area contributed by atoms with Crippen molar-refractivity contribution in [1.82, 2.24) is 10.3 Å². The van der Waals surface area contributed by atoms with Crippen molar-refractivity contribution in [1.29, 1.82) is 0 Å². The van der Waals surface area contributed by atoms with E-state index in [1.807, 2.05) is 32.2 Å². The second-order valence-corrected chi connectivity index (χ2v) is 6.03. The summed E-state index contributed by atoms with van der Waals surface area (Å²) >= 11 is 11.1. The first-order chi connectivity index (χ1) is 8.11. The number of thiazole rings is 1. The molecule has 0 aliphatic heterocycles. The van der Waals surface area contributed by atoms with E-state index >= 15 is 0 Å². The molecule has 2 aromatic rings. The van der Waals surface area contributed by atoms with Crippen LogP contribution in [0.25, 0.3) is 10.6 Å². The van der Waals surface area contributed by atoms with Crippen LogP contribution in [-0.4, -0.2) is 12.0 Å². The van der Waals surface area contributed by atoms with Crippen LogP contribution in [0.2, 0.25) is 5.02 Å². The van der Waals surface area contributed by atoms with Crippen molar-refractivity contribution in [3.8, 4) is 10.6 Å². The van der Waals surface area contributed by atoms with Crippen LogP contribution in [0.15, 0.2) is 22.7 Å². The van der Waals surface area contributed by atoms with Crippen molar-refractivity contribution in [2.75, 3.05) is 7.05 Å². The Kier molecular flexibility index (Phi) is 4.20. The molecule has 0 atom stereocenters. The van der Waals surface area contributed by atoms with Gasteiger partial charge in [0.15, 0.2) is 0 Å². The minimum absolute atomic E-state index is 0.720. The molecule has 1 heterocycles. The van der Waals surface area contributed by atoms with E-state index in [0.717, 1.165) is 32.3 Å². The van der Waals surface area contributed by atoms with E-state index < -0.39 is 0 Å². The van der Waals surface area contributed by atoms with Crippen LogP contribution in [0.5, 0.6) is 0 Å². The predicted molar refractivity (Wildman–Crippen MR) is 77.8 cm³/mol. The van der Waals surface area contributed by atoms with Crippen LogP contribution in [0.1, 0.15) is 10.6 Å². The predicted octanol–water partition coefficient (Wildman–Crippen LogP) is 4.25. The summed E-state index contributed by atoms with van der Waals surface area (Å²) in [4.78, 5) is 5.86. The summed E-state index contributed by atoms with van der Waals surface area (Å²) in [5.41, 5.74) is 2.18. The van der Waals surface area contributed by atoms with E-state index in [0.29, 0.717) is 0 Å². The molecule has 5 heteroatoms. The molecule has 0 bridgehead atoms. The summed E-state index contributed by atoms with van der Waals surface area (Å²) in [6.07, 6.45) is 0. The number of benzene rings is 1. The second kappa shape index (κ2) is 5.48. The van der Waals surface area contributed by atoms with Crippen LogP contribution in [0, 0.1) is 6.92 Å². The Morgan fingerprint density at radius 2 is 2.24 bits per heavy atom. The van der Waals surface area contributed by atoms with Gasteiger partial charge in [-0.05, 0) is 42.0 Å². The zero-order valence-corrected chi connectivity index (χ0v) is 12.7. The van der Waals surface area contributed by atoms with Crippen LogP contribution < -0.4 is 5.32 Å². The van der Waals surface area contributed by atoms with Gasteiger partial charge in [0.2, 0.25) is 0 Å². The van der Waals surface area contributed by atoms with Gasteiger partial charge in [-0.15, -0.1) is 11.3 Å². The summed E-state index contributed by atoms with van der Waals surface area (Å²) in [5, 5.41) is 4.90. The summed E-state index contributed by atoms with van der Waals surface area (Å²) in [7, 11) is 1.94. The van der Waals surface area contributed by atoms with Gasteiger partial charge in [-0.2, -0.15) is 0 Å². The van der Waals surface area contributed by atoms with E-state index in [4.69, 9.17) is 11.6 Å². The molecule has 0 aliphatic carbocycles. The van der Waals surface area contributed by atoms with E-state index in [2.05, 4.69) is 26.2 Å². The molecule has 1 aromatic heterocycles. The van der Waals surface area contributed by atoms with Gasteiger partial charge in [0.25, 0.3) is 0 Å². The normalized spacial score (nSPS) is 10.8. The van der Waals surface area contributed by atoms with Crippen LogP contribution >= 0.6 is 38.9 Å². The molecule has 0 unspecified atom stereocenters. The average molecular weight is 332 g/mol. The monoisotopic (exact) mass is 330 g/mol. The van der Waals surface area contributed by atoms with Crippen molar-refractivity contribution in [3.05, 3.63) is 38.3 Å². The molecule has 0 aliphatic rings. The van der Waals surface area contributed by atoms with Gasteiger partial charge < -0.3 is 5.32 Å². The van der Waals surface area contributed by atoms with Gasteiger partial charge >= 0.3 is 0 Å². The third-order valence-corrected chi connectivity index (χ3v) is 4.82. The first kappa shape index (κ1) is 13.0. The van der Waals surface area contributed by atoms with Crippen molar-refractivity contribution >= 4 is 38.9 Å². The maximum absolute atomic E-state index is 5.98. The van der Waals surface area contributed by atoms with Crippen molar-refractivity contribution < 1.29 is 0 Å². The highest BCUT2D eigenvalue weighted by Crippen LogP contribution is 2.32. The molecule has 0 fully saturated rings. The molecule has 1 N–H and O–H groups in total. The Morgan fingerprint density at radius 1 is 1.47 bits per heavy atom. The fraction of sp³-hybridized carbons (Fsp3) is 0.250. The van der Waals surface area contributed by atoms with Gasteiger partial charge in [-0.3, -0.25) is 0 Å². The lowest BCUT2D eigenvalue weighted by Gasteiger charge is -1.99. The standard InChI is InChI=1S/C12H12BrClN2S/c1-7-11(6-15-2)17-12(16-7)8-3-4-10(14)9(13)5-8/h3-5,15H,6H2,1-2H3. The Hall–Kier alpha value is -0.420. The van der Waals surface area contributed by atoms with Crippen LogP contribution in [0.3, 0.4) is 0 Å². The lowest BCUT2D eigenvalue weighted by molar-refractivity contribution is 0.823. The van der Waals surface area contributed by atoms with Crippen molar-refractivity contribution in [2.45, 2.75) is 13.5 Å². The van der Waals surface area contributed by atoms with E-state index in [9.17, 15) is 0 Å². The van der Waals surface area contributed by atoms with Gasteiger partial charge in [0.1, 0.15) is 5.01 Å². The summed E-state index contributed by atoms with van der Waals surface area (Å²) in [5.74, 6) is 0. The Morgan fingerprint density at radius 3 is 2.88 bits per heavy atom. The minimum Gasteiger partial charge on any atom is -0.315 e. The lowest BCUT2D eigenvalue weighted by atomic mass is 10.2. The molecule has 0 radical (unpaired) electrons. The number of halogens is 2. The number of hydrogen-bond donors (Lipinski definition) is 1. The highest BCUT2D eigenvalue weighted by molar-refractivity contribution is 9.10. The first-order valence-corrected chi connectivity index (χ1v) is 7.17.